The van der Waals surface area contributed by atoms with Crippen LogP contribution in [0.1, 0.15) is 70.2 Å². The molecule has 1 saturated carbocycles. The molecule has 184 valence electrons. The highest BCUT2D eigenvalue weighted by atomic mass is 19.4. The van der Waals surface area contributed by atoms with Gasteiger partial charge in [-0.25, -0.2) is 0 Å². The van der Waals surface area contributed by atoms with Gasteiger partial charge < -0.3 is 10.0 Å². The predicted molar refractivity (Wildman–Crippen MR) is 115 cm³/mol. The molecule has 11 heteroatoms. The lowest BCUT2D eigenvalue weighted by atomic mass is 9.72. The maximum atomic E-state index is 13.7. The number of carbonyl (C=O) groups is 1. The average Bonchev–Trinajstić information content (AvgIpc) is 3.40. The Morgan fingerprint density at radius 2 is 1.91 bits per heavy atom. The van der Waals surface area contributed by atoms with Crippen molar-refractivity contribution in [3.63, 3.8) is 0 Å². The van der Waals surface area contributed by atoms with Crippen LogP contribution in [0.25, 0.3) is 0 Å². The number of rotatable bonds is 6. The number of hydrogen-bond acceptors (Lipinski definition) is 4. The van der Waals surface area contributed by atoms with Crippen molar-refractivity contribution in [3.05, 3.63) is 76.4 Å². The fourth-order valence-electron chi connectivity index (χ4n) is 4.94. The summed E-state index contributed by atoms with van der Waals surface area (Å²) in [4.78, 5) is 14.4. The van der Waals surface area contributed by atoms with E-state index < -0.39 is 36.7 Å². The first-order valence-electron chi connectivity index (χ1n) is 11.1. The summed E-state index contributed by atoms with van der Waals surface area (Å²) >= 11 is 0. The molecule has 2 heterocycles. The normalized spacial score (nSPS) is 17.1. The Bertz CT molecular complexity index is 1270. The molecule has 6 nitrogen and oxygen atoms in total. The number of halogens is 5. The van der Waals surface area contributed by atoms with E-state index in [2.05, 4.69) is 10.2 Å². The fraction of sp³-hybridized carbons (Fsp3) is 0.375. The van der Waals surface area contributed by atoms with Crippen molar-refractivity contribution in [1.82, 2.24) is 14.8 Å². The van der Waals surface area contributed by atoms with Crippen LogP contribution in [0, 0.1) is 5.92 Å². The number of fused-ring (bicyclic) bond motifs is 1. The lowest BCUT2D eigenvalue weighted by molar-refractivity contribution is -0.138. The Balaban J connectivity index is 1.54. The Hall–Kier alpha value is -3.34. The molecule has 1 amide bonds. The van der Waals surface area contributed by atoms with Gasteiger partial charge in [0.15, 0.2) is 0 Å². The Morgan fingerprint density at radius 3 is 2.54 bits per heavy atom. The lowest BCUT2D eigenvalue weighted by Gasteiger charge is -2.34. The molecule has 0 saturated heterocycles. The molecule has 1 N–H and O–H groups in total. The van der Waals surface area contributed by atoms with Crippen LogP contribution >= 0.6 is 0 Å². The van der Waals surface area contributed by atoms with Crippen molar-refractivity contribution in [3.8, 4) is 0 Å². The zero-order chi connectivity index (χ0) is 24.9. The summed E-state index contributed by atoms with van der Waals surface area (Å²) in [6.45, 7) is -3.74. The highest BCUT2D eigenvalue weighted by Crippen LogP contribution is 2.45. The van der Waals surface area contributed by atoms with Crippen molar-refractivity contribution in [1.29, 1.82) is 0 Å². The van der Waals surface area contributed by atoms with Crippen LogP contribution in [0.3, 0.4) is 0 Å². The van der Waals surface area contributed by atoms with Crippen molar-refractivity contribution < 1.29 is 31.9 Å². The Morgan fingerprint density at radius 1 is 1.14 bits per heavy atom. The second-order valence-corrected chi connectivity index (χ2v) is 8.85. The summed E-state index contributed by atoms with van der Waals surface area (Å²) in [7, 11) is 0. The number of anilines is 1. The number of benzene rings is 2. The van der Waals surface area contributed by atoms with Crippen molar-refractivity contribution >= 4 is 11.6 Å². The third-order valence-electron chi connectivity index (χ3n) is 6.84. The molecule has 2 aliphatic rings. The van der Waals surface area contributed by atoms with E-state index in [0.717, 1.165) is 36.2 Å². The second kappa shape index (κ2) is 8.71. The van der Waals surface area contributed by atoms with E-state index >= 15 is 0 Å². The third kappa shape index (κ3) is 4.07. The Kier molecular flexibility index (Phi) is 5.82. The molecular formula is C24H21F5N4O2. The van der Waals surface area contributed by atoms with Crippen LogP contribution in [0.2, 0.25) is 0 Å². The smallest absolute Gasteiger partial charge is 0.392 e. The zero-order valence-electron chi connectivity index (χ0n) is 18.3. The molecule has 0 unspecified atom stereocenters. The van der Waals surface area contributed by atoms with Gasteiger partial charge in [-0.2, -0.15) is 22.0 Å². The highest BCUT2D eigenvalue weighted by molar-refractivity contribution is 6.10. The minimum Gasteiger partial charge on any atom is -0.392 e. The molecular weight excluding hydrogens is 471 g/mol. The molecule has 1 fully saturated rings. The van der Waals surface area contributed by atoms with Gasteiger partial charge in [0.05, 0.1) is 18.7 Å². The molecule has 1 atom stereocenters. The minimum absolute atomic E-state index is 0.00333. The van der Waals surface area contributed by atoms with Gasteiger partial charge in [0.2, 0.25) is 0 Å². The van der Waals surface area contributed by atoms with E-state index in [4.69, 9.17) is 0 Å². The fourth-order valence-corrected chi connectivity index (χ4v) is 4.94. The molecule has 2 aromatic carbocycles. The van der Waals surface area contributed by atoms with Crippen molar-refractivity contribution in [2.24, 2.45) is 5.92 Å². The summed E-state index contributed by atoms with van der Waals surface area (Å²) in [5.41, 5.74) is -0.229. The van der Waals surface area contributed by atoms with E-state index in [1.807, 2.05) is 0 Å². The molecule has 1 aromatic heterocycles. The van der Waals surface area contributed by atoms with E-state index in [0.29, 0.717) is 11.3 Å². The van der Waals surface area contributed by atoms with Gasteiger partial charge in [0, 0.05) is 17.2 Å². The monoisotopic (exact) mass is 492 g/mol. The van der Waals surface area contributed by atoms with Crippen LogP contribution in [0.4, 0.5) is 27.6 Å². The maximum absolute atomic E-state index is 13.7. The third-order valence-corrected chi connectivity index (χ3v) is 6.84. The standard InChI is InChI=1S/C24H21F5N4O2/c25-23(26)33-12-30-31-21(33)20(14-3-1-4-14)15-5-2-6-16(9-15)32-10-18-17(22(32)35)7-13(11-34)8-19(18)24(27,28)29/h2,5-9,12,14,20,23,34H,1,3-4,10-11H2/t20-/m1/s1. The maximum Gasteiger partial charge on any atom is 0.416 e. The number of amides is 1. The summed E-state index contributed by atoms with van der Waals surface area (Å²) < 4.78 is 68.9. The number of alkyl halides is 5. The predicted octanol–water partition coefficient (Wildman–Crippen LogP) is 5.28. The van der Waals surface area contributed by atoms with Gasteiger partial charge in [-0.05, 0) is 59.7 Å². The van der Waals surface area contributed by atoms with Crippen LogP contribution in [0.5, 0.6) is 0 Å². The summed E-state index contributed by atoms with van der Waals surface area (Å²) in [6.07, 6.45) is -1.12. The van der Waals surface area contributed by atoms with Gasteiger partial charge >= 0.3 is 12.7 Å². The molecule has 1 aliphatic carbocycles. The Labute approximate surface area is 197 Å². The number of hydrogen-bond donors (Lipinski definition) is 1. The van der Waals surface area contributed by atoms with Gasteiger partial charge in [-0.1, -0.05) is 18.6 Å². The SMILES string of the molecule is O=C1c2cc(CO)cc(C(F)(F)F)c2CN1c1cccc([C@H](c2nncn2C(F)F)C2CCC2)c1. The largest absolute Gasteiger partial charge is 0.416 e. The van der Waals surface area contributed by atoms with Crippen molar-refractivity contribution in [2.75, 3.05) is 4.90 Å². The number of carbonyl (C=O) groups excluding carboxylic acids is 1. The molecule has 5 rings (SSSR count). The number of aliphatic hydroxyl groups excluding tert-OH is 1. The summed E-state index contributed by atoms with van der Waals surface area (Å²) in [5, 5.41) is 17.0. The van der Waals surface area contributed by atoms with Crippen molar-refractivity contribution in [2.45, 2.75) is 51.1 Å². The molecule has 1 aliphatic heterocycles. The first kappa shape index (κ1) is 23.4. The number of aromatic nitrogens is 3. The zero-order valence-corrected chi connectivity index (χ0v) is 18.3. The summed E-state index contributed by atoms with van der Waals surface area (Å²) in [6, 6.07) is 8.78. The number of nitrogens with zero attached hydrogens (tertiary/aromatic N) is 4. The van der Waals surface area contributed by atoms with E-state index in [1.54, 1.807) is 24.3 Å². The van der Waals surface area contributed by atoms with E-state index in [1.165, 1.54) is 11.0 Å². The van der Waals surface area contributed by atoms with Crippen LogP contribution in [0.15, 0.2) is 42.7 Å². The second-order valence-electron chi connectivity index (χ2n) is 8.85. The van der Waals surface area contributed by atoms with E-state index in [9.17, 15) is 31.9 Å². The van der Waals surface area contributed by atoms with Gasteiger partial charge in [-0.15, -0.1) is 10.2 Å². The summed E-state index contributed by atoms with van der Waals surface area (Å²) in [5.74, 6) is -0.937. The van der Waals surface area contributed by atoms with Gasteiger partial charge in [0.25, 0.3) is 5.91 Å². The van der Waals surface area contributed by atoms with Crippen LogP contribution in [-0.4, -0.2) is 25.8 Å². The van der Waals surface area contributed by atoms with Crippen LogP contribution in [-0.2, 0) is 19.3 Å². The first-order valence-corrected chi connectivity index (χ1v) is 11.1. The molecule has 3 aromatic rings. The van der Waals surface area contributed by atoms with Gasteiger partial charge in [0.1, 0.15) is 12.2 Å². The molecule has 0 radical (unpaired) electrons. The molecule has 35 heavy (non-hydrogen) atoms. The minimum atomic E-state index is -4.69. The quantitative estimate of drug-likeness (QED) is 0.476. The topological polar surface area (TPSA) is 71.2 Å². The number of aliphatic hydroxyl groups is 1. The average molecular weight is 492 g/mol. The first-order chi connectivity index (χ1) is 16.7. The lowest BCUT2D eigenvalue weighted by Crippen LogP contribution is -2.26. The van der Waals surface area contributed by atoms with Gasteiger partial charge in [-0.3, -0.25) is 9.36 Å². The van der Waals surface area contributed by atoms with Crippen LogP contribution < -0.4 is 4.90 Å². The van der Waals surface area contributed by atoms with E-state index in [-0.39, 0.29) is 35.0 Å². The highest BCUT2D eigenvalue weighted by Gasteiger charge is 2.41. The molecule has 0 bridgehead atoms. The molecule has 0 spiro atoms.